The van der Waals surface area contributed by atoms with Gasteiger partial charge < -0.3 is 20.4 Å². The number of nitrogens with zero attached hydrogens (tertiary/aromatic N) is 2. The maximum atomic E-state index is 12.3. The molecule has 22 heavy (non-hydrogen) atoms. The molecule has 0 aromatic carbocycles. The Morgan fingerprint density at radius 3 is 2.59 bits per heavy atom. The standard InChI is InChI=1S/C15H28N4O3/c1-5-8-16-13(20)11(2)17-14(21)12-7-6-9-19(10-12)15(22)18(3)4/h11-12H,5-10H2,1-4H3,(H,16,20)(H,17,21)/t11-,12+/m0/s1. The maximum absolute atomic E-state index is 12.3. The first-order chi connectivity index (χ1) is 10.4. The van der Waals surface area contributed by atoms with Gasteiger partial charge >= 0.3 is 6.03 Å². The second kappa shape index (κ2) is 8.60. The molecule has 1 heterocycles. The van der Waals surface area contributed by atoms with E-state index in [1.807, 2.05) is 6.92 Å². The van der Waals surface area contributed by atoms with Crippen molar-refractivity contribution in [3.63, 3.8) is 0 Å². The van der Waals surface area contributed by atoms with Crippen LogP contribution in [0.25, 0.3) is 0 Å². The number of amides is 4. The Bertz CT molecular complexity index is 412. The van der Waals surface area contributed by atoms with Gasteiger partial charge in [-0.3, -0.25) is 9.59 Å². The van der Waals surface area contributed by atoms with Crippen molar-refractivity contribution < 1.29 is 14.4 Å². The van der Waals surface area contributed by atoms with E-state index < -0.39 is 6.04 Å². The van der Waals surface area contributed by atoms with Crippen molar-refractivity contribution in [1.29, 1.82) is 0 Å². The molecule has 0 spiro atoms. The fraction of sp³-hybridized carbons (Fsp3) is 0.800. The van der Waals surface area contributed by atoms with Gasteiger partial charge in [0.25, 0.3) is 0 Å². The third kappa shape index (κ3) is 5.20. The summed E-state index contributed by atoms with van der Waals surface area (Å²) in [5, 5.41) is 5.50. The van der Waals surface area contributed by atoms with Crippen LogP contribution in [0.5, 0.6) is 0 Å². The van der Waals surface area contributed by atoms with Crippen molar-refractivity contribution in [2.24, 2.45) is 5.92 Å². The molecule has 2 atom stereocenters. The zero-order valence-electron chi connectivity index (χ0n) is 14.0. The van der Waals surface area contributed by atoms with Crippen LogP contribution in [0.15, 0.2) is 0 Å². The smallest absolute Gasteiger partial charge is 0.319 e. The minimum absolute atomic E-state index is 0.0776. The molecule has 1 fully saturated rings. The van der Waals surface area contributed by atoms with Crippen LogP contribution in [0, 0.1) is 5.92 Å². The minimum Gasteiger partial charge on any atom is -0.354 e. The second-order valence-electron chi connectivity index (χ2n) is 5.98. The summed E-state index contributed by atoms with van der Waals surface area (Å²) in [6.07, 6.45) is 2.40. The van der Waals surface area contributed by atoms with E-state index in [4.69, 9.17) is 0 Å². The monoisotopic (exact) mass is 312 g/mol. The first kappa shape index (κ1) is 18.3. The summed E-state index contributed by atoms with van der Waals surface area (Å²) in [5.41, 5.74) is 0. The molecule has 0 radical (unpaired) electrons. The van der Waals surface area contributed by atoms with Gasteiger partial charge in [0.1, 0.15) is 6.04 Å². The van der Waals surface area contributed by atoms with Gasteiger partial charge in [0, 0.05) is 33.7 Å². The molecule has 0 aromatic heterocycles. The van der Waals surface area contributed by atoms with Crippen LogP contribution >= 0.6 is 0 Å². The number of urea groups is 1. The molecule has 0 bridgehead atoms. The third-order valence-electron chi connectivity index (χ3n) is 3.75. The summed E-state index contributed by atoms with van der Waals surface area (Å²) >= 11 is 0. The molecule has 1 rings (SSSR count). The van der Waals surface area contributed by atoms with E-state index >= 15 is 0 Å². The first-order valence-corrected chi connectivity index (χ1v) is 7.91. The SMILES string of the molecule is CCCNC(=O)[C@H](C)NC(=O)[C@@H]1CCCN(C(=O)N(C)C)C1. The Hall–Kier alpha value is -1.79. The molecular formula is C15H28N4O3. The lowest BCUT2D eigenvalue weighted by Crippen LogP contribution is -2.52. The number of nitrogens with one attached hydrogen (secondary N) is 2. The number of carbonyl (C=O) groups is 3. The predicted octanol–water partition coefficient (Wildman–Crippen LogP) is 0.411. The van der Waals surface area contributed by atoms with Crippen LogP contribution in [-0.2, 0) is 9.59 Å². The van der Waals surface area contributed by atoms with Gasteiger partial charge in [-0.05, 0) is 26.2 Å². The molecule has 1 saturated heterocycles. The van der Waals surface area contributed by atoms with E-state index in [1.54, 1.807) is 25.9 Å². The average Bonchev–Trinajstić information content (AvgIpc) is 2.51. The van der Waals surface area contributed by atoms with Crippen LogP contribution in [0.3, 0.4) is 0 Å². The van der Waals surface area contributed by atoms with Crippen LogP contribution in [0.2, 0.25) is 0 Å². The summed E-state index contributed by atoms with van der Waals surface area (Å²) in [4.78, 5) is 39.2. The quantitative estimate of drug-likeness (QED) is 0.771. The van der Waals surface area contributed by atoms with Crippen LogP contribution in [0.1, 0.15) is 33.1 Å². The van der Waals surface area contributed by atoms with Crippen molar-refractivity contribution in [3.8, 4) is 0 Å². The van der Waals surface area contributed by atoms with Gasteiger partial charge in [-0.25, -0.2) is 4.79 Å². The Morgan fingerprint density at radius 1 is 1.32 bits per heavy atom. The number of piperidine rings is 1. The number of rotatable bonds is 5. The molecule has 0 aliphatic carbocycles. The highest BCUT2D eigenvalue weighted by Gasteiger charge is 2.30. The maximum Gasteiger partial charge on any atom is 0.319 e. The molecular weight excluding hydrogens is 284 g/mol. The number of likely N-dealkylation sites (tertiary alicyclic amines) is 1. The highest BCUT2D eigenvalue weighted by Crippen LogP contribution is 2.17. The van der Waals surface area contributed by atoms with Gasteiger partial charge in [0.05, 0.1) is 5.92 Å². The molecule has 0 aromatic rings. The molecule has 7 nitrogen and oxygen atoms in total. The van der Waals surface area contributed by atoms with E-state index in [1.165, 1.54) is 4.90 Å². The largest absolute Gasteiger partial charge is 0.354 e. The fourth-order valence-electron chi connectivity index (χ4n) is 2.45. The zero-order valence-corrected chi connectivity index (χ0v) is 14.0. The van der Waals surface area contributed by atoms with Crippen molar-refractivity contribution in [2.75, 3.05) is 33.7 Å². The third-order valence-corrected chi connectivity index (χ3v) is 3.75. The molecule has 2 N–H and O–H groups in total. The van der Waals surface area contributed by atoms with E-state index in [0.29, 0.717) is 19.6 Å². The summed E-state index contributed by atoms with van der Waals surface area (Å²) in [7, 11) is 3.40. The van der Waals surface area contributed by atoms with Crippen LogP contribution < -0.4 is 10.6 Å². The van der Waals surface area contributed by atoms with Crippen LogP contribution in [-0.4, -0.2) is 67.4 Å². The molecule has 1 aliphatic rings. The topological polar surface area (TPSA) is 81.8 Å². The van der Waals surface area contributed by atoms with Crippen LogP contribution in [0.4, 0.5) is 4.79 Å². The van der Waals surface area contributed by atoms with Gasteiger partial charge in [-0.15, -0.1) is 0 Å². The molecule has 4 amide bonds. The van der Waals surface area contributed by atoms with E-state index in [9.17, 15) is 14.4 Å². The Morgan fingerprint density at radius 2 is 2.00 bits per heavy atom. The normalized spacial score (nSPS) is 19.3. The lowest BCUT2D eigenvalue weighted by Gasteiger charge is -2.34. The minimum atomic E-state index is -0.557. The average molecular weight is 312 g/mol. The summed E-state index contributed by atoms with van der Waals surface area (Å²) in [6, 6.07) is -0.634. The molecule has 0 unspecified atom stereocenters. The van der Waals surface area contributed by atoms with Gasteiger partial charge in [-0.2, -0.15) is 0 Å². The zero-order chi connectivity index (χ0) is 16.7. The number of hydrogen-bond donors (Lipinski definition) is 2. The Balaban J connectivity index is 2.51. The Labute approximate surface area is 132 Å². The number of hydrogen-bond acceptors (Lipinski definition) is 3. The lowest BCUT2D eigenvalue weighted by molar-refractivity contribution is -0.131. The van der Waals surface area contributed by atoms with Crippen molar-refractivity contribution in [2.45, 2.75) is 39.2 Å². The van der Waals surface area contributed by atoms with Crippen molar-refractivity contribution in [3.05, 3.63) is 0 Å². The fourth-order valence-corrected chi connectivity index (χ4v) is 2.45. The summed E-state index contributed by atoms with van der Waals surface area (Å²) in [5.74, 6) is -0.582. The van der Waals surface area contributed by atoms with E-state index in [0.717, 1.165) is 19.3 Å². The molecule has 1 aliphatic heterocycles. The predicted molar refractivity (Wildman–Crippen MR) is 84.3 cm³/mol. The summed E-state index contributed by atoms with van der Waals surface area (Å²) < 4.78 is 0. The van der Waals surface area contributed by atoms with Gasteiger partial charge in [0.15, 0.2) is 0 Å². The number of carbonyl (C=O) groups excluding carboxylic acids is 3. The van der Waals surface area contributed by atoms with Gasteiger partial charge in [-0.1, -0.05) is 6.92 Å². The highest BCUT2D eigenvalue weighted by molar-refractivity contribution is 5.88. The van der Waals surface area contributed by atoms with E-state index in [2.05, 4.69) is 10.6 Å². The summed E-state index contributed by atoms with van der Waals surface area (Å²) in [6.45, 7) is 5.34. The van der Waals surface area contributed by atoms with Crippen molar-refractivity contribution >= 4 is 17.8 Å². The molecule has 7 heteroatoms. The Kier molecular flexibility index (Phi) is 7.14. The van der Waals surface area contributed by atoms with Crippen molar-refractivity contribution in [1.82, 2.24) is 20.4 Å². The second-order valence-corrected chi connectivity index (χ2v) is 5.98. The molecule has 0 saturated carbocycles. The first-order valence-electron chi connectivity index (χ1n) is 7.91. The van der Waals surface area contributed by atoms with E-state index in [-0.39, 0.29) is 23.8 Å². The lowest BCUT2D eigenvalue weighted by atomic mass is 9.97. The molecule has 126 valence electrons. The highest BCUT2D eigenvalue weighted by atomic mass is 16.2. The van der Waals surface area contributed by atoms with Gasteiger partial charge in [0.2, 0.25) is 11.8 Å².